The minimum atomic E-state index is -0.204. The summed E-state index contributed by atoms with van der Waals surface area (Å²) in [4.78, 5) is 27.3. The Morgan fingerprint density at radius 3 is 2.37 bits per heavy atom. The fourth-order valence-corrected chi connectivity index (χ4v) is 6.39. The zero-order valence-electron chi connectivity index (χ0n) is 17.6. The van der Waals surface area contributed by atoms with E-state index in [4.69, 9.17) is 0 Å². The molecule has 0 radical (unpaired) electrons. The maximum Gasteiger partial charge on any atom is 0.242 e. The van der Waals surface area contributed by atoms with E-state index in [2.05, 4.69) is 10.4 Å². The van der Waals surface area contributed by atoms with E-state index in [1.165, 1.54) is 19.3 Å². The Balaban J connectivity index is 1.15. The Morgan fingerprint density at radius 1 is 1.10 bits per heavy atom. The van der Waals surface area contributed by atoms with Gasteiger partial charge in [0.2, 0.25) is 11.8 Å². The standard InChI is InChI=1S/C24H30N4O2/c1-27(15-20-13-26-28(16-20)21-5-3-2-4-6-21)22(29)14-25-23(30)24-10-17-7-18(11-24)9-19(8-17)12-24/h2-6,13,16-19H,7-12,14-15H2,1H3,(H,25,30). The van der Waals surface area contributed by atoms with Crippen LogP contribution in [0.15, 0.2) is 42.7 Å². The summed E-state index contributed by atoms with van der Waals surface area (Å²) in [5.74, 6) is 2.21. The van der Waals surface area contributed by atoms with Crippen molar-refractivity contribution in [1.82, 2.24) is 20.0 Å². The van der Waals surface area contributed by atoms with Gasteiger partial charge in [-0.3, -0.25) is 9.59 Å². The third kappa shape index (κ3) is 3.64. The van der Waals surface area contributed by atoms with Crippen LogP contribution in [0.5, 0.6) is 0 Å². The van der Waals surface area contributed by atoms with Gasteiger partial charge in [0.1, 0.15) is 0 Å². The molecule has 0 spiro atoms. The first-order chi connectivity index (χ1) is 14.5. The molecular formula is C24H30N4O2. The maximum absolute atomic E-state index is 13.0. The number of likely N-dealkylation sites (N-methyl/N-ethyl adjacent to an activating group) is 1. The topological polar surface area (TPSA) is 67.2 Å². The summed E-state index contributed by atoms with van der Waals surface area (Å²) in [6, 6.07) is 9.90. The summed E-state index contributed by atoms with van der Waals surface area (Å²) in [7, 11) is 1.78. The van der Waals surface area contributed by atoms with E-state index in [1.54, 1.807) is 18.1 Å². The summed E-state index contributed by atoms with van der Waals surface area (Å²) >= 11 is 0. The average Bonchev–Trinajstić information content (AvgIpc) is 3.20. The first-order valence-corrected chi connectivity index (χ1v) is 11.1. The third-order valence-corrected chi connectivity index (χ3v) is 7.42. The lowest BCUT2D eigenvalue weighted by Crippen LogP contribution is -2.54. The van der Waals surface area contributed by atoms with Crippen LogP contribution < -0.4 is 5.32 Å². The van der Waals surface area contributed by atoms with Crippen LogP contribution in [-0.4, -0.2) is 40.1 Å². The van der Waals surface area contributed by atoms with Crippen molar-refractivity contribution in [3.05, 3.63) is 48.3 Å². The molecule has 1 heterocycles. The van der Waals surface area contributed by atoms with Crippen LogP contribution in [0.25, 0.3) is 5.69 Å². The average molecular weight is 407 g/mol. The molecule has 2 amide bonds. The van der Waals surface area contributed by atoms with Crippen LogP contribution in [0.4, 0.5) is 0 Å². The van der Waals surface area contributed by atoms with Crippen molar-refractivity contribution in [3.63, 3.8) is 0 Å². The van der Waals surface area contributed by atoms with Crippen LogP contribution in [0.2, 0.25) is 0 Å². The number of para-hydroxylation sites is 1. The highest BCUT2D eigenvalue weighted by Crippen LogP contribution is 2.60. The van der Waals surface area contributed by atoms with Crippen molar-refractivity contribution in [1.29, 1.82) is 0 Å². The lowest BCUT2D eigenvalue weighted by molar-refractivity contribution is -0.147. The van der Waals surface area contributed by atoms with E-state index in [9.17, 15) is 9.59 Å². The number of hydrogen-bond acceptors (Lipinski definition) is 3. The Morgan fingerprint density at radius 2 is 1.73 bits per heavy atom. The van der Waals surface area contributed by atoms with Crippen LogP contribution >= 0.6 is 0 Å². The second kappa shape index (κ2) is 7.56. The molecule has 4 aliphatic carbocycles. The van der Waals surface area contributed by atoms with E-state index in [-0.39, 0.29) is 23.8 Å². The van der Waals surface area contributed by atoms with Crippen molar-refractivity contribution >= 4 is 11.8 Å². The molecule has 2 aromatic rings. The van der Waals surface area contributed by atoms with Crippen molar-refractivity contribution < 1.29 is 9.59 Å². The van der Waals surface area contributed by atoms with E-state index < -0.39 is 0 Å². The summed E-state index contributed by atoms with van der Waals surface area (Å²) in [6.07, 6.45) is 10.7. The van der Waals surface area contributed by atoms with Crippen molar-refractivity contribution in [2.24, 2.45) is 23.2 Å². The van der Waals surface area contributed by atoms with Gasteiger partial charge < -0.3 is 10.2 Å². The minimum absolute atomic E-state index is 0.0689. The molecule has 4 aliphatic rings. The molecular weight excluding hydrogens is 376 g/mol. The number of rotatable bonds is 6. The molecule has 6 nitrogen and oxygen atoms in total. The fraction of sp³-hybridized carbons (Fsp3) is 0.542. The van der Waals surface area contributed by atoms with E-state index in [1.807, 2.05) is 41.2 Å². The van der Waals surface area contributed by atoms with Gasteiger partial charge in [-0.15, -0.1) is 0 Å². The number of hydrogen-bond donors (Lipinski definition) is 1. The maximum atomic E-state index is 13.0. The van der Waals surface area contributed by atoms with Crippen LogP contribution in [0, 0.1) is 23.2 Å². The molecule has 4 bridgehead atoms. The lowest BCUT2D eigenvalue weighted by atomic mass is 9.49. The molecule has 0 unspecified atom stereocenters. The minimum Gasteiger partial charge on any atom is -0.347 e. The molecule has 1 aromatic carbocycles. The molecule has 0 saturated heterocycles. The summed E-state index contributed by atoms with van der Waals surface area (Å²) in [6.45, 7) is 0.544. The number of benzene rings is 1. The van der Waals surface area contributed by atoms with Crippen molar-refractivity contribution in [3.8, 4) is 5.69 Å². The normalized spacial score (nSPS) is 29.0. The largest absolute Gasteiger partial charge is 0.347 e. The highest BCUT2D eigenvalue weighted by Gasteiger charge is 2.54. The van der Waals surface area contributed by atoms with E-state index in [0.717, 1.165) is 48.3 Å². The number of nitrogens with one attached hydrogen (secondary N) is 1. The number of carbonyl (C=O) groups excluding carboxylic acids is 2. The van der Waals surface area contributed by atoms with Crippen LogP contribution in [0.1, 0.15) is 44.1 Å². The monoisotopic (exact) mass is 406 g/mol. The Kier molecular flexibility index (Phi) is 4.88. The predicted molar refractivity (Wildman–Crippen MR) is 114 cm³/mol. The third-order valence-electron chi connectivity index (χ3n) is 7.42. The van der Waals surface area contributed by atoms with Gasteiger partial charge in [-0.25, -0.2) is 4.68 Å². The van der Waals surface area contributed by atoms with Gasteiger partial charge in [0.25, 0.3) is 0 Å². The molecule has 0 atom stereocenters. The molecule has 30 heavy (non-hydrogen) atoms. The van der Waals surface area contributed by atoms with Gasteiger partial charge in [-0.05, 0) is 68.4 Å². The second-order valence-electron chi connectivity index (χ2n) is 9.76. The van der Waals surface area contributed by atoms with Crippen molar-refractivity contribution in [2.45, 2.75) is 45.1 Å². The molecule has 6 heteroatoms. The molecule has 0 aliphatic heterocycles. The fourth-order valence-electron chi connectivity index (χ4n) is 6.39. The Hall–Kier alpha value is -2.63. The smallest absolute Gasteiger partial charge is 0.242 e. The predicted octanol–water partition coefficient (Wildman–Crippen LogP) is 3.16. The van der Waals surface area contributed by atoms with Crippen molar-refractivity contribution in [2.75, 3.05) is 13.6 Å². The SMILES string of the molecule is CN(Cc1cnn(-c2ccccc2)c1)C(=O)CNC(=O)C12CC3CC(CC(C3)C1)C2. The first kappa shape index (κ1) is 19.3. The number of aromatic nitrogens is 2. The Bertz CT molecular complexity index is 900. The van der Waals surface area contributed by atoms with Gasteiger partial charge >= 0.3 is 0 Å². The number of nitrogens with zero attached hydrogens (tertiary/aromatic N) is 3. The highest BCUT2D eigenvalue weighted by molar-refractivity contribution is 5.88. The summed E-state index contributed by atoms with van der Waals surface area (Å²) < 4.78 is 1.81. The molecule has 4 fully saturated rings. The van der Waals surface area contributed by atoms with Crippen LogP contribution in [0.3, 0.4) is 0 Å². The van der Waals surface area contributed by atoms with Gasteiger partial charge in [0.15, 0.2) is 0 Å². The Labute approximate surface area is 177 Å². The first-order valence-electron chi connectivity index (χ1n) is 11.1. The van der Waals surface area contributed by atoms with E-state index >= 15 is 0 Å². The highest BCUT2D eigenvalue weighted by atomic mass is 16.2. The van der Waals surface area contributed by atoms with Gasteiger partial charge in [0, 0.05) is 30.8 Å². The van der Waals surface area contributed by atoms with Gasteiger partial charge in [-0.1, -0.05) is 18.2 Å². The second-order valence-corrected chi connectivity index (χ2v) is 9.76. The van der Waals surface area contributed by atoms with Gasteiger partial charge in [-0.2, -0.15) is 5.10 Å². The summed E-state index contributed by atoms with van der Waals surface area (Å²) in [5.41, 5.74) is 1.74. The molecule has 6 rings (SSSR count). The van der Waals surface area contributed by atoms with E-state index in [0.29, 0.717) is 6.54 Å². The van der Waals surface area contributed by atoms with Crippen LogP contribution in [-0.2, 0) is 16.1 Å². The quantitative estimate of drug-likeness (QED) is 0.801. The zero-order chi connectivity index (χ0) is 20.7. The molecule has 4 saturated carbocycles. The molecule has 1 N–H and O–H groups in total. The number of amides is 2. The number of carbonyl (C=O) groups is 2. The lowest BCUT2D eigenvalue weighted by Gasteiger charge is -2.55. The molecule has 158 valence electrons. The molecule has 1 aromatic heterocycles. The summed E-state index contributed by atoms with van der Waals surface area (Å²) in [5, 5.41) is 7.37. The zero-order valence-corrected chi connectivity index (χ0v) is 17.6. The van der Waals surface area contributed by atoms with Gasteiger partial charge in [0.05, 0.1) is 18.4 Å².